The van der Waals surface area contributed by atoms with Gasteiger partial charge in [-0.15, -0.1) is 0 Å². The van der Waals surface area contributed by atoms with Gasteiger partial charge in [-0.25, -0.2) is 4.39 Å². The van der Waals surface area contributed by atoms with Crippen LogP contribution in [0.2, 0.25) is 5.02 Å². The highest BCUT2D eigenvalue weighted by Crippen LogP contribution is 2.35. The number of aromatic nitrogens is 2. The van der Waals surface area contributed by atoms with Gasteiger partial charge < -0.3 is 9.42 Å². The molecule has 0 bridgehead atoms. The molecule has 0 saturated carbocycles. The first-order chi connectivity index (χ1) is 13.7. The SMILES string of the molecule is CC(C)(C)c1ccc(-c2noc(C3CC(=O)N(c4cc(F)ccc4Cl)C3)n2)cc1. The Morgan fingerprint density at radius 3 is 2.59 bits per heavy atom. The summed E-state index contributed by atoms with van der Waals surface area (Å²) in [6, 6.07) is 12.0. The molecule has 150 valence electrons. The zero-order valence-corrected chi connectivity index (χ0v) is 17.2. The maximum absolute atomic E-state index is 13.6. The van der Waals surface area contributed by atoms with Crippen molar-refractivity contribution in [3.05, 3.63) is 64.8 Å². The minimum absolute atomic E-state index is 0.0623. The van der Waals surface area contributed by atoms with E-state index in [-0.39, 0.29) is 23.7 Å². The van der Waals surface area contributed by atoms with Crippen molar-refractivity contribution in [2.75, 3.05) is 11.4 Å². The predicted octanol–water partition coefficient (Wildman–Crippen LogP) is 5.35. The molecule has 3 aromatic rings. The van der Waals surface area contributed by atoms with Crippen LogP contribution in [0, 0.1) is 5.82 Å². The monoisotopic (exact) mass is 413 g/mol. The number of carbonyl (C=O) groups excluding carboxylic acids is 1. The van der Waals surface area contributed by atoms with Crippen LogP contribution in [0.15, 0.2) is 47.0 Å². The average molecular weight is 414 g/mol. The molecule has 1 unspecified atom stereocenters. The third-order valence-electron chi connectivity index (χ3n) is 5.12. The lowest BCUT2D eigenvalue weighted by atomic mass is 9.87. The second-order valence-electron chi connectivity index (χ2n) is 8.28. The van der Waals surface area contributed by atoms with Crippen molar-refractivity contribution in [1.29, 1.82) is 0 Å². The van der Waals surface area contributed by atoms with E-state index in [0.29, 0.717) is 29.0 Å². The molecule has 7 heteroatoms. The van der Waals surface area contributed by atoms with Crippen LogP contribution in [0.25, 0.3) is 11.4 Å². The lowest BCUT2D eigenvalue weighted by Crippen LogP contribution is -2.24. The number of nitrogens with zero attached hydrogens (tertiary/aromatic N) is 3. The summed E-state index contributed by atoms with van der Waals surface area (Å²) in [7, 11) is 0. The Morgan fingerprint density at radius 1 is 1.17 bits per heavy atom. The quantitative estimate of drug-likeness (QED) is 0.581. The summed E-state index contributed by atoms with van der Waals surface area (Å²) in [5.74, 6) is 0.00608. The molecule has 0 aliphatic carbocycles. The summed E-state index contributed by atoms with van der Waals surface area (Å²) in [4.78, 5) is 18.4. The number of halogens is 2. The van der Waals surface area contributed by atoms with Crippen molar-refractivity contribution in [2.45, 2.75) is 38.5 Å². The number of hydrogen-bond acceptors (Lipinski definition) is 4. The maximum Gasteiger partial charge on any atom is 0.232 e. The summed E-state index contributed by atoms with van der Waals surface area (Å²) in [5.41, 5.74) is 2.49. The minimum Gasteiger partial charge on any atom is -0.339 e. The molecule has 1 aliphatic rings. The standard InChI is InChI=1S/C22H21ClFN3O2/c1-22(2,3)15-6-4-13(5-7-15)20-25-21(29-26-20)14-10-19(28)27(12-14)18-11-16(24)8-9-17(18)23/h4-9,11,14H,10,12H2,1-3H3. The van der Waals surface area contributed by atoms with Gasteiger partial charge in [0.1, 0.15) is 5.82 Å². The molecular formula is C22H21ClFN3O2. The smallest absolute Gasteiger partial charge is 0.232 e. The van der Waals surface area contributed by atoms with Gasteiger partial charge in [0.25, 0.3) is 0 Å². The van der Waals surface area contributed by atoms with Crippen LogP contribution in [0.4, 0.5) is 10.1 Å². The molecule has 2 aromatic carbocycles. The number of amides is 1. The van der Waals surface area contributed by atoms with Crippen LogP contribution in [-0.2, 0) is 10.2 Å². The first-order valence-corrected chi connectivity index (χ1v) is 9.80. The van der Waals surface area contributed by atoms with Gasteiger partial charge in [-0.1, -0.05) is 61.8 Å². The third kappa shape index (κ3) is 3.90. The fourth-order valence-electron chi connectivity index (χ4n) is 3.44. The molecule has 1 aliphatic heterocycles. The Kier molecular flexibility index (Phi) is 4.90. The van der Waals surface area contributed by atoms with Crippen molar-refractivity contribution in [1.82, 2.24) is 10.1 Å². The molecule has 0 N–H and O–H groups in total. The zero-order chi connectivity index (χ0) is 20.8. The summed E-state index contributed by atoms with van der Waals surface area (Å²) in [6.07, 6.45) is 0.206. The van der Waals surface area contributed by atoms with E-state index in [0.717, 1.165) is 5.56 Å². The fourth-order valence-corrected chi connectivity index (χ4v) is 3.66. The molecule has 0 radical (unpaired) electrons. The van der Waals surface area contributed by atoms with Gasteiger partial charge >= 0.3 is 0 Å². The third-order valence-corrected chi connectivity index (χ3v) is 5.44. The Hall–Kier alpha value is -2.73. The molecule has 1 amide bonds. The van der Waals surface area contributed by atoms with E-state index in [1.807, 2.05) is 12.1 Å². The number of benzene rings is 2. The van der Waals surface area contributed by atoms with Crippen molar-refractivity contribution in [3.8, 4) is 11.4 Å². The van der Waals surface area contributed by atoms with E-state index in [4.69, 9.17) is 16.1 Å². The van der Waals surface area contributed by atoms with E-state index in [9.17, 15) is 9.18 Å². The van der Waals surface area contributed by atoms with Crippen LogP contribution in [-0.4, -0.2) is 22.6 Å². The van der Waals surface area contributed by atoms with Crippen molar-refractivity contribution < 1.29 is 13.7 Å². The average Bonchev–Trinajstić information content (AvgIpc) is 3.30. The molecule has 1 atom stereocenters. The van der Waals surface area contributed by atoms with Crippen LogP contribution in [0.1, 0.15) is 44.6 Å². The highest BCUT2D eigenvalue weighted by atomic mass is 35.5. The summed E-state index contributed by atoms with van der Waals surface area (Å²) >= 11 is 6.15. The van der Waals surface area contributed by atoms with E-state index < -0.39 is 5.82 Å². The van der Waals surface area contributed by atoms with Gasteiger partial charge in [-0.3, -0.25) is 4.79 Å². The van der Waals surface area contributed by atoms with Crippen LogP contribution < -0.4 is 4.90 Å². The number of carbonyl (C=O) groups is 1. The summed E-state index contributed by atoms with van der Waals surface area (Å²) in [6.45, 7) is 6.78. The molecule has 1 fully saturated rings. The van der Waals surface area contributed by atoms with E-state index in [2.05, 4.69) is 43.0 Å². The maximum atomic E-state index is 13.6. The Balaban J connectivity index is 1.54. The van der Waals surface area contributed by atoms with Crippen LogP contribution in [0.5, 0.6) is 0 Å². The van der Waals surface area contributed by atoms with E-state index in [1.54, 1.807) is 0 Å². The molecular weight excluding hydrogens is 393 g/mol. The topological polar surface area (TPSA) is 59.2 Å². The fraction of sp³-hybridized carbons (Fsp3) is 0.318. The van der Waals surface area contributed by atoms with Gasteiger partial charge in [0.05, 0.1) is 16.6 Å². The Morgan fingerprint density at radius 2 is 1.90 bits per heavy atom. The number of anilines is 1. The van der Waals surface area contributed by atoms with E-state index in [1.165, 1.54) is 28.7 Å². The zero-order valence-electron chi connectivity index (χ0n) is 16.4. The normalized spacial score (nSPS) is 17.2. The molecule has 4 rings (SSSR count). The lowest BCUT2D eigenvalue weighted by Gasteiger charge is -2.18. The second kappa shape index (κ2) is 7.26. The van der Waals surface area contributed by atoms with Gasteiger partial charge in [-0.05, 0) is 29.2 Å². The highest BCUT2D eigenvalue weighted by molar-refractivity contribution is 6.33. The van der Waals surface area contributed by atoms with Crippen molar-refractivity contribution >= 4 is 23.2 Å². The molecule has 0 spiro atoms. The largest absolute Gasteiger partial charge is 0.339 e. The first-order valence-electron chi connectivity index (χ1n) is 9.42. The Labute approximate surface area is 173 Å². The van der Waals surface area contributed by atoms with Crippen LogP contribution in [0.3, 0.4) is 0 Å². The number of hydrogen-bond donors (Lipinski definition) is 0. The summed E-state index contributed by atoms with van der Waals surface area (Å²) in [5, 5.41) is 4.40. The van der Waals surface area contributed by atoms with Gasteiger partial charge in [-0.2, -0.15) is 4.98 Å². The molecule has 29 heavy (non-hydrogen) atoms. The molecule has 2 heterocycles. The second-order valence-corrected chi connectivity index (χ2v) is 8.69. The van der Waals surface area contributed by atoms with Gasteiger partial charge in [0, 0.05) is 18.5 Å². The van der Waals surface area contributed by atoms with E-state index >= 15 is 0 Å². The number of rotatable bonds is 3. The summed E-state index contributed by atoms with van der Waals surface area (Å²) < 4.78 is 19.0. The minimum atomic E-state index is -0.445. The molecule has 1 aromatic heterocycles. The predicted molar refractivity (Wildman–Crippen MR) is 110 cm³/mol. The highest BCUT2D eigenvalue weighted by Gasteiger charge is 2.36. The lowest BCUT2D eigenvalue weighted by molar-refractivity contribution is -0.117. The molecule has 1 saturated heterocycles. The molecule has 5 nitrogen and oxygen atoms in total. The Bertz CT molecular complexity index is 1060. The van der Waals surface area contributed by atoms with Crippen molar-refractivity contribution in [2.24, 2.45) is 0 Å². The van der Waals surface area contributed by atoms with Gasteiger partial charge in [0.15, 0.2) is 0 Å². The van der Waals surface area contributed by atoms with Gasteiger partial charge in [0.2, 0.25) is 17.6 Å². The first kappa shape index (κ1) is 19.6. The van der Waals surface area contributed by atoms with Crippen molar-refractivity contribution in [3.63, 3.8) is 0 Å². The van der Waals surface area contributed by atoms with Crippen LogP contribution >= 0.6 is 11.6 Å².